The Bertz CT molecular complexity index is 806. The van der Waals surface area contributed by atoms with Gasteiger partial charge in [-0.2, -0.15) is 5.10 Å². The number of aromatic hydroxyl groups is 1. The number of phenols is 1. The molecule has 0 radical (unpaired) electrons. The van der Waals surface area contributed by atoms with Crippen molar-refractivity contribution in [1.29, 1.82) is 0 Å². The second-order valence-electron chi connectivity index (χ2n) is 4.52. The number of halogens is 1. The first-order valence-electron chi connectivity index (χ1n) is 6.57. The highest BCUT2D eigenvalue weighted by atomic mass is 79.9. The Balaban J connectivity index is 2.21. The molecule has 2 aromatic carbocycles. The molecule has 0 unspecified atom stereocenters. The molecule has 2 aromatic rings. The Hall–Kier alpha value is -2.94. The average Bonchev–Trinajstić information content (AvgIpc) is 2.56. The lowest BCUT2D eigenvalue weighted by molar-refractivity contribution is -0.386. The van der Waals surface area contributed by atoms with E-state index < -0.39 is 16.5 Å². The van der Waals surface area contributed by atoms with Crippen LogP contribution in [0, 0.1) is 10.1 Å². The summed E-state index contributed by atoms with van der Waals surface area (Å²) < 4.78 is 5.67. The van der Waals surface area contributed by atoms with Crippen molar-refractivity contribution in [3.63, 3.8) is 0 Å². The highest BCUT2D eigenvalue weighted by Gasteiger charge is 2.23. The molecular weight excluding hydrogens is 382 g/mol. The van der Waals surface area contributed by atoms with E-state index in [0.29, 0.717) is 5.56 Å². The van der Waals surface area contributed by atoms with Gasteiger partial charge in [0.2, 0.25) is 5.75 Å². The van der Waals surface area contributed by atoms with Crippen molar-refractivity contribution >= 4 is 33.7 Å². The van der Waals surface area contributed by atoms with Crippen molar-refractivity contribution in [3.05, 3.63) is 62.1 Å². The van der Waals surface area contributed by atoms with E-state index >= 15 is 0 Å². The normalized spacial score (nSPS) is 10.6. The number of rotatable bonds is 5. The van der Waals surface area contributed by atoms with Gasteiger partial charge in [0.25, 0.3) is 5.91 Å². The second kappa shape index (κ2) is 7.55. The highest BCUT2D eigenvalue weighted by Crippen LogP contribution is 2.37. The number of nitro benzene ring substituents is 1. The van der Waals surface area contributed by atoms with E-state index in [2.05, 4.69) is 26.5 Å². The summed E-state index contributed by atoms with van der Waals surface area (Å²) in [5, 5.41) is 24.5. The van der Waals surface area contributed by atoms with Gasteiger partial charge in [0.15, 0.2) is 5.75 Å². The number of nitro groups is 1. The first-order chi connectivity index (χ1) is 11.4. The molecule has 0 atom stereocenters. The van der Waals surface area contributed by atoms with E-state index in [1.165, 1.54) is 19.2 Å². The minimum absolute atomic E-state index is 0.0748. The van der Waals surface area contributed by atoms with Gasteiger partial charge in [-0.1, -0.05) is 15.9 Å². The van der Waals surface area contributed by atoms with Gasteiger partial charge in [-0.3, -0.25) is 14.9 Å². The fourth-order valence-electron chi connectivity index (χ4n) is 1.90. The smallest absolute Gasteiger partial charge is 0.323 e. The van der Waals surface area contributed by atoms with E-state index in [1.54, 1.807) is 24.3 Å². The summed E-state index contributed by atoms with van der Waals surface area (Å²) in [6.07, 6.45) is 1.11. The van der Waals surface area contributed by atoms with Crippen LogP contribution < -0.4 is 10.2 Å². The van der Waals surface area contributed by atoms with Gasteiger partial charge in [-0.05, 0) is 36.4 Å². The number of methoxy groups -OCH3 is 1. The monoisotopic (exact) mass is 393 g/mol. The number of nitrogens with one attached hydrogen (secondary N) is 1. The zero-order valence-electron chi connectivity index (χ0n) is 12.4. The number of hydrogen-bond acceptors (Lipinski definition) is 6. The van der Waals surface area contributed by atoms with E-state index in [4.69, 9.17) is 4.74 Å². The maximum absolute atomic E-state index is 11.9. The minimum Gasteiger partial charge on any atom is -0.504 e. The molecule has 0 aliphatic rings. The third-order valence-electron chi connectivity index (χ3n) is 3.00. The standard InChI is InChI=1S/C15H12BrN3O5/c1-24-14-12(20)7-4-10(13(14)19(22)23)8-17-18-15(21)9-2-5-11(16)6-3-9/h2-8,20H,1H3,(H,18,21)/b17-8-. The van der Waals surface area contributed by atoms with Crippen LogP contribution in [0.1, 0.15) is 15.9 Å². The van der Waals surface area contributed by atoms with Crippen LogP contribution in [0.2, 0.25) is 0 Å². The minimum atomic E-state index is -0.698. The Morgan fingerprint density at radius 3 is 2.58 bits per heavy atom. The van der Waals surface area contributed by atoms with Crippen LogP contribution in [-0.2, 0) is 0 Å². The number of carbonyl (C=O) groups excluding carboxylic acids is 1. The van der Waals surface area contributed by atoms with Crippen LogP contribution in [0.25, 0.3) is 0 Å². The topological polar surface area (TPSA) is 114 Å². The van der Waals surface area contributed by atoms with Crippen molar-refractivity contribution in [2.24, 2.45) is 5.10 Å². The lowest BCUT2D eigenvalue weighted by Gasteiger charge is -2.06. The number of hydrazone groups is 1. The molecule has 8 nitrogen and oxygen atoms in total. The van der Waals surface area contributed by atoms with E-state index in [0.717, 1.165) is 10.7 Å². The molecule has 9 heteroatoms. The van der Waals surface area contributed by atoms with E-state index in [-0.39, 0.29) is 17.1 Å². The summed E-state index contributed by atoms with van der Waals surface area (Å²) in [7, 11) is 1.21. The van der Waals surface area contributed by atoms with Gasteiger partial charge in [-0.25, -0.2) is 5.43 Å². The molecule has 124 valence electrons. The number of amides is 1. The number of ether oxygens (including phenoxy) is 1. The van der Waals surface area contributed by atoms with Crippen molar-refractivity contribution in [2.75, 3.05) is 7.11 Å². The third-order valence-corrected chi connectivity index (χ3v) is 3.53. The maximum atomic E-state index is 11.9. The van der Waals surface area contributed by atoms with Crippen molar-refractivity contribution in [1.82, 2.24) is 5.43 Å². The lowest BCUT2D eigenvalue weighted by Crippen LogP contribution is -2.17. The summed E-state index contributed by atoms with van der Waals surface area (Å²) in [6, 6.07) is 9.14. The molecule has 0 saturated heterocycles. The van der Waals surface area contributed by atoms with Crippen LogP contribution >= 0.6 is 15.9 Å². The average molecular weight is 394 g/mol. The fraction of sp³-hybridized carbons (Fsp3) is 0.0667. The predicted molar refractivity (Wildman–Crippen MR) is 90.5 cm³/mol. The summed E-state index contributed by atoms with van der Waals surface area (Å²) >= 11 is 3.26. The highest BCUT2D eigenvalue weighted by molar-refractivity contribution is 9.10. The number of benzene rings is 2. The quantitative estimate of drug-likeness (QED) is 0.460. The fourth-order valence-corrected chi connectivity index (χ4v) is 2.16. The van der Waals surface area contributed by atoms with Gasteiger partial charge >= 0.3 is 5.69 Å². The van der Waals surface area contributed by atoms with Crippen LogP contribution in [-0.4, -0.2) is 29.3 Å². The summed E-state index contributed by atoms with van der Waals surface area (Å²) in [5.74, 6) is -1.10. The predicted octanol–water partition coefficient (Wildman–Crippen LogP) is 2.84. The Morgan fingerprint density at radius 1 is 1.33 bits per heavy atom. The molecule has 2 rings (SSSR count). The second-order valence-corrected chi connectivity index (χ2v) is 5.43. The molecule has 0 spiro atoms. The van der Waals surface area contributed by atoms with Crippen LogP contribution in [0.15, 0.2) is 46.0 Å². The molecule has 0 aliphatic heterocycles. The number of carbonyl (C=O) groups is 1. The molecule has 0 saturated carbocycles. The number of nitrogens with zero attached hydrogens (tertiary/aromatic N) is 2. The SMILES string of the molecule is COc1c(O)ccc(/C=N\NC(=O)c2ccc(Br)cc2)c1[N+](=O)[O-]. The summed E-state index contributed by atoms with van der Waals surface area (Å²) in [4.78, 5) is 22.4. The third kappa shape index (κ3) is 3.87. The molecule has 0 aromatic heterocycles. The van der Waals surface area contributed by atoms with E-state index in [9.17, 15) is 20.0 Å². The lowest BCUT2D eigenvalue weighted by atomic mass is 10.1. The number of hydrogen-bond donors (Lipinski definition) is 2. The molecule has 0 aliphatic carbocycles. The zero-order valence-corrected chi connectivity index (χ0v) is 14.0. The summed E-state index contributed by atoms with van der Waals surface area (Å²) in [5.41, 5.74) is 2.29. The Morgan fingerprint density at radius 2 is 2.00 bits per heavy atom. The largest absolute Gasteiger partial charge is 0.504 e. The molecule has 0 bridgehead atoms. The molecule has 24 heavy (non-hydrogen) atoms. The van der Waals surface area contributed by atoms with Crippen molar-refractivity contribution < 1.29 is 19.6 Å². The van der Waals surface area contributed by atoms with Gasteiger partial charge in [-0.15, -0.1) is 0 Å². The number of phenolic OH excluding ortho intramolecular Hbond substituents is 1. The van der Waals surface area contributed by atoms with Gasteiger partial charge < -0.3 is 9.84 Å². The molecular formula is C15H12BrN3O5. The Kier molecular flexibility index (Phi) is 5.48. The van der Waals surface area contributed by atoms with Gasteiger partial charge in [0, 0.05) is 10.0 Å². The van der Waals surface area contributed by atoms with Crippen molar-refractivity contribution in [3.8, 4) is 11.5 Å². The zero-order chi connectivity index (χ0) is 17.7. The van der Waals surface area contributed by atoms with Crippen LogP contribution in [0.3, 0.4) is 0 Å². The Labute approximate surface area is 145 Å². The van der Waals surface area contributed by atoms with Crippen LogP contribution in [0.4, 0.5) is 5.69 Å². The van der Waals surface area contributed by atoms with Crippen LogP contribution in [0.5, 0.6) is 11.5 Å². The van der Waals surface area contributed by atoms with Gasteiger partial charge in [0.05, 0.1) is 23.8 Å². The van der Waals surface area contributed by atoms with Gasteiger partial charge in [0.1, 0.15) is 0 Å². The first kappa shape index (κ1) is 17.4. The maximum Gasteiger partial charge on any atom is 0.323 e. The summed E-state index contributed by atoms with van der Waals surface area (Å²) in [6.45, 7) is 0. The van der Waals surface area contributed by atoms with Crippen molar-refractivity contribution in [2.45, 2.75) is 0 Å². The molecule has 1 amide bonds. The molecule has 0 heterocycles. The van der Waals surface area contributed by atoms with E-state index in [1.807, 2.05) is 0 Å². The first-order valence-corrected chi connectivity index (χ1v) is 7.36. The molecule has 0 fully saturated rings. The molecule has 2 N–H and O–H groups in total.